The molecule has 0 aliphatic heterocycles. The molecule has 2 rings (SSSR count). The van der Waals surface area contributed by atoms with Crippen LogP contribution in [0.2, 0.25) is 0 Å². The minimum Gasteiger partial charge on any atom is -0.462 e. The van der Waals surface area contributed by atoms with Crippen molar-refractivity contribution in [2.45, 2.75) is 36.6 Å². The molecular formula is C21H23Cl3N2O3. The molecule has 1 atom stereocenters. The van der Waals surface area contributed by atoms with Crippen LogP contribution in [-0.2, 0) is 4.74 Å². The summed E-state index contributed by atoms with van der Waals surface area (Å²) >= 11 is 18.2. The van der Waals surface area contributed by atoms with Crippen molar-refractivity contribution in [3.63, 3.8) is 0 Å². The van der Waals surface area contributed by atoms with Gasteiger partial charge in [-0.3, -0.25) is 4.79 Å². The minimum absolute atomic E-state index is 0.372. The summed E-state index contributed by atoms with van der Waals surface area (Å²) in [6, 6.07) is 13.6. The SMILES string of the molecule is CCCCOC(=O)c1ccc(N[C@@H](NC(=O)c2ccccc2C)C(Cl)(Cl)Cl)cc1. The van der Waals surface area contributed by atoms with Gasteiger partial charge < -0.3 is 15.4 Å². The lowest BCUT2D eigenvalue weighted by molar-refractivity contribution is 0.0499. The first kappa shape index (κ1) is 23.3. The maximum absolute atomic E-state index is 12.6. The fourth-order valence-corrected chi connectivity index (χ4v) is 2.83. The van der Waals surface area contributed by atoms with Gasteiger partial charge in [0, 0.05) is 11.3 Å². The number of unbranched alkanes of at least 4 members (excludes halogenated alkanes) is 1. The largest absolute Gasteiger partial charge is 0.462 e. The fourth-order valence-electron chi connectivity index (χ4n) is 2.50. The van der Waals surface area contributed by atoms with Crippen LogP contribution < -0.4 is 10.6 Å². The Balaban J connectivity index is 2.08. The molecule has 0 saturated carbocycles. The number of halogens is 3. The highest BCUT2D eigenvalue weighted by atomic mass is 35.6. The second-order valence-electron chi connectivity index (χ2n) is 6.47. The lowest BCUT2D eigenvalue weighted by Crippen LogP contribution is -2.49. The van der Waals surface area contributed by atoms with Gasteiger partial charge in [0.15, 0.2) is 0 Å². The van der Waals surface area contributed by atoms with Crippen LogP contribution in [-0.4, -0.2) is 28.4 Å². The molecule has 0 saturated heterocycles. The summed E-state index contributed by atoms with van der Waals surface area (Å²) in [4.78, 5) is 24.6. The fraction of sp³-hybridized carbons (Fsp3) is 0.333. The smallest absolute Gasteiger partial charge is 0.338 e. The summed E-state index contributed by atoms with van der Waals surface area (Å²) in [6.07, 6.45) is 0.765. The first-order valence-corrected chi connectivity index (χ1v) is 10.3. The van der Waals surface area contributed by atoms with Crippen molar-refractivity contribution < 1.29 is 14.3 Å². The predicted molar refractivity (Wildman–Crippen MR) is 118 cm³/mol. The summed E-state index contributed by atoms with van der Waals surface area (Å²) in [5.41, 5.74) is 2.27. The molecule has 0 aromatic heterocycles. The van der Waals surface area contributed by atoms with Crippen LogP contribution >= 0.6 is 34.8 Å². The highest BCUT2D eigenvalue weighted by molar-refractivity contribution is 6.68. The van der Waals surface area contributed by atoms with Crippen molar-refractivity contribution >= 4 is 52.4 Å². The number of amides is 1. The number of benzene rings is 2. The normalized spacial score (nSPS) is 12.2. The van der Waals surface area contributed by atoms with E-state index in [1.807, 2.05) is 26.0 Å². The van der Waals surface area contributed by atoms with E-state index in [9.17, 15) is 9.59 Å². The van der Waals surface area contributed by atoms with Crippen LogP contribution in [0.15, 0.2) is 48.5 Å². The third kappa shape index (κ3) is 7.11. The van der Waals surface area contributed by atoms with Crippen molar-refractivity contribution in [3.8, 4) is 0 Å². The monoisotopic (exact) mass is 456 g/mol. The molecule has 0 aliphatic rings. The Morgan fingerprint density at radius 2 is 1.72 bits per heavy atom. The Labute approximate surface area is 185 Å². The maximum atomic E-state index is 12.6. The third-order valence-electron chi connectivity index (χ3n) is 4.16. The minimum atomic E-state index is -1.81. The van der Waals surface area contributed by atoms with E-state index in [0.717, 1.165) is 18.4 Å². The molecule has 0 bridgehead atoms. The van der Waals surface area contributed by atoms with Gasteiger partial charge in [0.25, 0.3) is 5.91 Å². The van der Waals surface area contributed by atoms with E-state index in [-0.39, 0.29) is 5.91 Å². The van der Waals surface area contributed by atoms with Crippen molar-refractivity contribution in [2.24, 2.45) is 0 Å². The van der Waals surface area contributed by atoms with E-state index in [2.05, 4.69) is 10.6 Å². The van der Waals surface area contributed by atoms with Gasteiger partial charge in [-0.2, -0.15) is 0 Å². The van der Waals surface area contributed by atoms with Crippen LogP contribution in [0, 0.1) is 6.92 Å². The molecule has 0 aliphatic carbocycles. The van der Waals surface area contributed by atoms with Gasteiger partial charge in [-0.15, -0.1) is 0 Å². The van der Waals surface area contributed by atoms with Gasteiger partial charge >= 0.3 is 5.97 Å². The Bertz CT molecular complexity index is 836. The number of hydrogen-bond donors (Lipinski definition) is 2. The lowest BCUT2D eigenvalue weighted by Gasteiger charge is -2.27. The van der Waals surface area contributed by atoms with Gasteiger partial charge in [0.2, 0.25) is 3.79 Å². The molecule has 0 spiro atoms. The number of ether oxygens (including phenoxy) is 1. The summed E-state index contributed by atoms with van der Waals surface area (Å²) < 4.78 is 3.37. The Morgan fingerprint density at radius 1 is 1.07 bits per heavy atom. The van der Waals surface area contributed by atoms with Crippen molar-refractivity contribution in [3.05, 3.63) is 65.2 Å². The highest BCUT2D eigenvalue weighted by Crippen LogP contribution is 2.31. The summed E-state index contributed by atoms with van der Waals surface area (Å²) in [5.74, 6) is -0.765. The molecule has 8 heteroatoms. The Hall–Kier alpha value is -1.95. The Kier molecular flexibility index (Phi) is 8.62. The molecule has 2 aromatic carbocycles. The van der Waals surface area contributed by atoms with Crippen LogP contribution in [0.25, 0.3) is 0 Å². The number of hydrogen-bond acceptors (Lipinski definition) is 4. The van der Waals surface area contributed by atoms with E-state index < -0.39 is 15.9 Å². The molecule has 2 N–H and O–H groups in total. The molecule has 2 aromatic rings. The van der Waals surface area contributed by atoms with Gasteiger partial charge in [-0.1, -0.05) is 66.3 Å². The van der Waals surface area contributed by atoms with E-state index >= 15 is 0 Å². The van der Waals surface area contributed by atoms with Crippen LogP contribution in [0.3, 0.4) is 0 Å². The number of rotatable bonds is 8. The summed E-state index contributed by atoms with van der Waals surface area (Å²) in [5, 5.41) is 5.67. The number of carbonyl (C=O) groups excluding carboxylic acids is 2. The molecule has 1 amide bonds. The highest BCUT2D eigenvalue weighted by Gasteiger charge is 2.34. The predicted octanol–water partition coefficient (Wildman–Crippen LogP) is 5.49. The van der Waals surface area contributed by atoms with E-state index in [1.165, 1.54) is 0 Å². The quantitative estimate of drug-likeness (QED) is 0.238. The molecular weight excluding hydrogens is 435 g/mol. The number of anilines is 1. The van der Waals surface area contributed by atoms with Gasteiger partial charge in [-0.25, -0.2) is 4.79 Å². The van der Waals surface area contributed by atoms with Crippen LogP contribution in [0.1, 0.15) is 46.0 Å². The average Bonchev–Trinajstić information content (AvgIpc) is 2.67. The average molecular weight is 458 g/mol. The zero-order valence-electron chi connectivity index (χ0n) is 16.2. The molecule has 156 valence electrons. The molecule has 29 heavy (non-hydrogen) atoms. The topological polar surface area (TPSA) is 67.4 Å². The maximum Gasteiger partial charge on any atom is 0.338 e. The molecule has 5 nitrogen and oxygen atoms in total. The number of nitrogens with one attached hydrogen (secondary N) is 2. The van der Waals surface area contributed by atoms with Crippen LogP contribution in [0.5, 0.6) is 0 Å². The van der Waals surface area contributed by atoms with E-state index in [0.29, 0.717) is 23.4 Å². The first-order chi connectivity index (χ1) is 13.7. The summed E-state index contributed by atoms with van der Waals surface area (Å²) in [7, 11) is 0. The standard InChI is InChI=1S/C21H23Cl3N2O3/c1-3-4-13-29-19(28)15-9-11-16(12-10-15)25-20(21(22,23)24)26-18(27)17-8-6-5-7-14(17)2/h5-12,20,25H,3-4,13H2,1-2H3,(H,26,27)/t20-/m0/s1. The van der Waals surface area contributed by atoms with Crippen LogP contribution in [0.4, 0.5) is 5.69 Å². The second-order valence-corrected chi connectivity index (χ2v) is 8.84. The number of carbonyl (C=O) groups is 2. The van der Waals surface area contributed by atoms with Gasteiger partial charge in [0.1, 0.15) is 6.17 Å². The van der Waals surface area contributed by atoms with Gasteiger partial charge in [0.05, 0.1) is 12.2 Å². The van der Waals surface area contributed by atoms with Crippen molar-refractivity contribution in [2.75, 3.05) is 11.9 Å². The zero-order chi connectivity index (χ0) is 21.4. The first-order valence-electron chi connectivity index (χ1n) is 9.19. The molecule has 0 radical (unpaired) electrons. The van der Waals surface area contributed by atoms with Crippen molar-refractivity contribution in [1.82, 2.24) is 5.32 Å². The number of esters is 1. The molecule has 0 unspecified atom stereocenters. The summed E-state index contributed by atoms with van der Waals surface area (Å²) in [6.45, 7) is 4.23. The third-order valence-corrected chi connectivity index (χ3v) is 4.81. The van der Waals surface area contributed by atoms with Crippen molar-refractivity contribution in [1.29, 1.82) is 0 Å². The lowest BCUT2D eigenvalue weighted by atomic mass is 10.1. The van der Waals surface area contributed by atoms with Gasteiger partial charge in [-0.05, 0) is 49.2 Å². The Morgan fingerprint density at radius 3 is 2.31 bits per heavy atom. The number of alkyl halides is 3. The zero-order valence-corrected chi connectivity index (χ0v) is 18.4. The van der Waals surface area contributed by atoms with E-state index in [4.69, 9.17) is 39.5 Å². The number of aryl methyl sites for hydroxylation is 1. The molecule has 0 heterocycles. The van der Waals surface area contributed by atoms with E-state index in [1.54, 1.807) is 36.4 Å². The molecule has 0 fully saturated rings. The second kappa shape index (κ2) is 10.7.